The molecule has 0 bridgehead atoms. The normalized spacial score (nSPS) is 17.1. The van der Waals surface area contributed by atoms with E-state index in [1.54, 1.807) is 24.5 Å². The predicted molar refractivity (Wildman–Crippen MR) is 94.6 cm³/mol. The Hall–Kier alpha value is -2.54. The van der Waals surface area contributed by atoms with Gasteiger partial charge < -0.3 is 10.1 Å². The Kier molecular flexibility index (Phi) is 4.08. The molecule has 1 atom stereocenters. The maximum Gasteiger partial charge on any atom is 0.257 e. The molecule has 3 aromatic rings. The zero-order valence-electron chi connectivity index (χ0n) is 12.9. The van der Waals surface area contributed by atoms with Crippen molar-refractivity contribution in [1.29, 1.82) is 0 Å². The molecule has 0 saturated carbocycles. The summed E-state index contributed by atoms with van der Waals surface area (Å²) in [5.74, 6) is 2.49. The van der Waals surface area contributed by atoms with Gasteiger partial charge in [-0.25, -0.2) is 4.98 Å². The van der Waals surface area contributed by atoms with Crippen LogP contribution < -0.4 is 10.1 Å². The fourth-order valence-corrected chi connectivity index (χ4v) is 3.67. The monoisotopic (exact) mass is 340 g/mol. The second-order valence-corrected chi connectivity index (χ2v) is 6.76. The van der Waals surface area contributed by atoms with E-state index < -0.39 is 0 Å². The third kappa shape index (κ3) is 3.21. The van der Waals surface area contributed by atoms with E-state index in [4.69, 9.17) is 4.74 Å². The number of carbonyl (C=O) groups excluding carboxylic acids is 1. The number of fused-ring (bicyclic) bond motifs is 1. The predicted octanol–water partition coefficient (Wildman–Crippen LogP) is 3.09. The van der Waals surface area contributed by atoms with Gasteiger partial charge in [-0.1, -0.05) is 0 Å². The first-order chi connectivity index (χ1) is 11.8. The van der Waals surface area contributed by atoms with Crippen LogP contribution in [0.1, 0.15) is 16.8 Å². The number of rotatable bonds is 4. The van der Waals surface area contributed by atoms with E-state index in [0.717, 1.165) is 28.8 Å². The molecule has 2 N–H and O–H groups in total. The number of thioether (sulfide) groups is 1. The molecule has 1 saturated heterocycles. The summed E-state index contributed by atoms with van der Waals surface area (Å²) in [7, 11) is 0. The van der Waals surface area contributed by atoms with Crippen molar-refractivity contribution in [2.45, 2.75) is 12.5 Å². The number of pyridine rings is 1. The number of H-pyrrole nitrogens is 1. The summed E-state index contributed by atoms with van der Waals surface area (Å²) in [5.41, 5.74) is 2.08. The van der Waals surface area contributed by atoms with Gasteiger partial charge in [0.25, 0.3) is 5.91 Å². The van der Waals surface area contributed by atoms with Gasteiger partial charge in [-0.05, 0) is 36.4 Å². The number of nitrogens with one attached hydrogen (secondary N) is 2. The summed E-state index contributed by atoms with van der Waals surface area (Å²) >= 11 is 1.89. The number of aromatic amines is 1. The molecular formula is C17H16N4O2S. The van der Waals surface area contributed by atoms with Crippen molar-refractivity contribution in [1.82, 2.24) is 15.2 Å². The van der Waals surface area contributed by atoms with Crippen LogP contribution in [0.3, 0.4) is 0 Å². The first-order valence-electron chi connectivity index (χ1n) is 7.73. The molecule has 0 radical (unpaired) electrons. The Labute approximate surface area is 143 Å². The van der Waals surface area contributed by atoms with Crippen LogP contribution in [0, 0.1) is 0 Å². The van der Waals surface area contributed by atoms with Crippen LogP contribution in [-0.4, -0.2) is 38.7 Å². The molecule has 24 heavy (non-hydrogen) atoms. The summed E-state index contributed by atoms with van der Waals surface area (Å²) in [6, 6.07) is 9.08. The van der Waals surface area contributed by atoms with Gasteiger partial charge in [0.2, 0.25) is 5.88 Å². The molecule has 1 aliphatic rings. The molecule has 1 fully saturated rings. The minimum absolute atomic E-state index is 0.204. The van der Waals surface area contributed by atoms with E-state index in [1.165, 1.54) is 0 Å². The SMILES string of the molecule is O=C(Nc1ccc2cn[nH]c2c1)c1ccc(OC2CCSC2)nc1. The number of nitrogens with zero attached hydrogens (tertiary/aromatic N) is 2. The highest BCUT2D eigenvalue weighted by Crippen LogP contribution is 2.22. The highest BCUT2D eigenvalue weighted by Gasteiger charge is 2.17. The van der Waals surface area contributed by atoms with Gasteiger partial charge in [0.05, 0.1) is 17.3 Å². The van der Waals surface area contributed by atoms with Crippen LogP contribution in [0.4, 0.5) is 5.69 Å². The molecule has 2 aromatic heterocycles. The number of carbonyl (C=O) groups is 1. The lowest BCUT2D eigenvalue weighted by molar-refractivity contribution is 0.102. The number of aromatic nitrogens is 3. The molecule has 0 spiro atoms. The largest absolute Gasteiger partial charge is 0.473 e. The third-order valence-electron chi connectivity index (χ3n) is 3.87. The lowest BCUT2D eigenvalue weighted by atomic mass is 10.2. The third-order valence-corrected chi connectivity index (χ3v) is 5.01. The minimum Gasteiger partial charge on any atom is -0.473 e. The quantitative estimate of drug-likeness (QED) is 0.763. The van der Waals surface area contributed by atoms with E-state index >= 15 is 0 Å². The van der Waals surface area contributed by atoms with Gasteiger partial charge >= 0.3 is 0 Å². The van der Waals surface area contributed by atoms with E-state index in [1.807, 2.05) is 30.0 Å². The van der Waals surface area contributed by atoms with Crippen LogP contribution in [0.2, 0.25) is 0 Å². The number of amides is 1. The topological polar surface area (TPSA) is 79.9 Å². The van der Waals surface area contributed by atoms with Crippen molar-refractivity contribution in [3.63, 3.8) is 0 Å². The van der Waals surface area contributed by atoms with E-state index in [2.05, 4.69) is 20.5 Å². The standard InChI is InChI=1S/C17H16N4O2S/c22-17(20-13-3-1-11-9-19-21-15(11)7-13)12-2-4-16(18-8-12)23-14-5-6-24-10-14/h1-4,7-9,14H,5-6,10H2,(H,19,21)(H,20,22). The van der Waals surface area contributed by atoms with Crippen molar-refractivity contribution in [2.24, 2.45) is 0 Å². The smallest absolute Gasteiger partial charge is 0.257 e. The first-order valence-corrected chi connectivity index (χ1v) is 8.88. The number of ether oxygens (including phenoxy) is 1. The highest BCUT2D eigenvalue weighted by molar-refractivity contribution is 7.99. The Morgan fingerprint density at radius 2 is 2.25 bits per heavy atom. The van der Waals surface area contributed by atoms with Gasteiger partial charge in [-0.15, -0.1) is 0 Å². The van der Waals surface area contributed by atoms with E-state index in [0.29, 0.717) is 17.1 Å². The van der Waals surface area contributed by atoms with Crippen molar-refractivity contribution in [3.8, 4) is 5.88 Å². The van der Waals surface area contributed by atoms with Crippen LogP contribution in [0.25, 0.3) is 10.9 Å². The molecule has 0 aliphatic carbocycles. The summed E-state index contributed by atoms with van der Waals surface area (Å²) < 4.78 is 5.79. The minimum atomic E-state index is -0.204. The number of hydrogen-bond acceptors (Lipinski definition) is 5. The van der Waals surface area contributed by atoms with Crippen LogP contribution >= 0.6 is 11.8 Å². The lowest BCUT2D eigenvalue weighted by Crippen LogP contribution is -2.16. The molecule has 1 aromatic carbocycles. The fraction of sp³-hybridized carbons (Fsp3) is 0.235. The van der Waals surface area contributed by atoms with Crippen LogP contribution in [0.5, 0.6) is 5.88 Å². The summed E-state index contributed by atoms with van der Waals surface area (Å²) in [4.78, 5) is 16.6. The number of benzene rings is 1. The van der Waals surface area contributed by atoms with Crippen molar-refractivity contribution in [3.05, 3.63) is 48.3 Å². The number of anilines is 1. The maximum absolute atomic E-state index is 12.3. The molecule has 7 heteroatoms. The van der Waals surface area contributed by atoms with Gasteiger partial charge in [0.1, 0.15) is 6.10 Å². The van der Waals surface area contributed by atoms with Crippen LogP contribution in [-0.2, 0) is 0 Å². The summed E-state index contributed by atoms with van der Waals surface area (Å²) in [6.45, 7) is 0. The summed E-state index contributed by atoms with van der Waals surface area (Å²) in [5, 5.41) is 10.7. The highest BCUT2D eigenvalue weighted by atomic mass is 32.2. The first kappa shape index (κ1) is 15.0. The Balaban J connectivity index is 1.43. The second kappa shape index (κ2) is 6.52. The fourth-order valence-electron chi connectivity index (χ4n) is 2.58. The zero-order valence-corrected chi connectivity index (χ0v) is 13.7. The molecule has 3 heterocycles. The Morgan fingerprint density at radius 3 is 3.04 bits per heavy atom. The van der Waals surface area contributed by atoms with E-state index in [-0.39, 0.29) is 12.0 Å². The molecule has 4 rings (SSSR count). The molecule has 122 valence electrons. The van der Waals surface area contributed by atoms with Crippen molar-refractivity contribution in [2.75, 3.05) is 16.8 Å². The Bertz CT molecular complexity index is 856. The Morgan fingerprint density at radius 1 is 1.29 bits per heavy atom. The van der Waals surface area contributed by atoms with Crippen molar-refractivity contribution < 1.29 is 9.53 Å². The van der Waals surface area contributed by atoms with E-state index in [9.17, 15) is 4.79 Å². The maximum atomic E-state index is 12.3. The lowest BCUT2D eigenvalue weighted by Gasteiger charge is -2.11. The average molecular weight is 340 g/mol. The van der Waals surface area contributed by atoms with Gasteiger partial charge in [-0.2, -0.15) is 16.9 Å². The van der Waals surface area contributed by atoms with Crippen molar-refractivity contribution >= 4 is 34.3 Å². The zero-order chi connectivity index (χ0) is 16.4. The molecule has 1 aliphatic heterocycles. The number of hydrogen-bond donors (Lipinski definition) is 2. The second-order valence-electron chi connectivity index (χ2n) is 5.61. The molecular weight excluding hydrogens is 324 g/mol. The molecule has 1 unspecified atom stereocenters. The van der Waals surface area contributed by atoms with Gasteiger partial charge in [0, 0.05) is 29.1 Å². The molecule has 6 nitrogen and oxygen atoms in total. The summed E-state index contributed by atoms with van der Waals surface area (Å²) in [6.07, 6.45) is 4.56. The average Bonchev–Trinajstić information content (AvgIpc) is 3.26. The van der Waals surface area contributed by atoms with Crippen LogP contribution in [0.15, 0.2) is 42.7 Å². The molecule has 1 amide bonds. The van der Waals surface area contributed by atoms with Gasteiger partial charge in [-0.3, -0.25) is 9.89 Å². The van der Waals surface area contributed by atoms with Gasteiger partial charge in [0.15, 0.2) is 0 Å².